The van der Waals surface area contributed by atoms with Gasteiger partial charge in [-0.3, -0.25) is 13.9 Å². The van der Waals surface area contributed by atoms with Crippen LogP contribution in [0.4, 0.5) is 5.69 Å². The normalized spacial score (nSPS) is 12.7. The van der Waals surface area contributed by atoms with E-state index in [1.54, 1.807) is 37.3 Å². The van der Waals surface area contributed by atoms with E-state index in [1.807, 2.05) is 40.7 Å². The summed E-state index contributed by atoms with van der Waals surface area (Å²) in [5.74, 6) is -0.834. The van der Waals surface area contributed by atoms with Crippen LogP contribution in [0.5, 0.6) is 0 Å². The molecule has 0 aliphatic heterocycles. The molecule has 1 N–H and O–H groups in total. The van der Waals surface area contributed by atoms with E-state index >= 15 is 0 Å². The van der Waals surface area contributed by atoms with Gasteiger partial charge in [0.1, 0.15) is 12.6 Å². The lowest BCUT2D eigenvalue weighted by molar-refractivity contribution is -0.141. The monoisotopic (exact) mass is 555 g/mol. The van der Waals surface area contributed by atoms with Crippen LogP contribution >= 0.6 is 23.2 Å². The number of hydrogen-bond donors (Lipinski definition) is 1. The lowest BCUT2D eigenvalue weighted by Gasteiger charge is -2.34. The Bertz CT molecular complexity index is 1230. The standard InChI is InChI=1S/C26H35Cl2N3O4S/c1-8-22(25(33)29-26(4,5)6)30(15-19-12-13-20(27)21(28)14-19)24(32)16-31(36(7,34)35)23-11-9-10-17(2)18(23)3/h9-14,22H,8,15-16H2,1-7H3,(H,29,33)/t22-/m1/s1. The molecule has 7 nitrogen and oxygen atoms in total. The first-order chi connectivity index (χ1) is 16.5. The predicted molar refractivity (Wildman–Crippen MR) is 147 cm³/mol. The fourth-order valence-corrected chi connectivity index (χ4v) is 5.03. The Morgan fingerprint density at radius 1 is 1.06 bits per heavy atom. The minimum Gasteiger partial charge on any atom is -0.350 e. The van der Waals surface area contributed by atoms with Crippen molar-refractivity contribution in [1.29, 1.82) is 0 Å². The Labute approximate surface area is 224 Å². The molecule has 36 heavy (non-hydrogen) atoms. The largest absolute Gasteiger partial charge is 0.350 e. The summed E-state index contributed by atoms with van der Waals surface area (Å²) in [7, 11) is -3.81. The maximum Gasteiger partial charge on any atom is 0.244 e. The highest BCUT2D eigenvalue weighted by atomic mass is 35.5. The zero-order valence-electron chi connectivity index (χ0n) is 21.9. The first-order valence-corrected chi connectivity index (χ1v) is 14.2. The summed E-state index contributed by atoms with van der Waals surface area (Å²) >= 11 is 12.3. The van der Waals surface area contributed by atoms with E-state index in [9.17, 15) is 18.0 Å². The van der Waals surface area contributed by atoms with Gasteiger partial charge in [-0.15, -0.1) is 0 Å². The second-order valence-corrected chi connectivity index (χ2v) is 12.6. The summed E-state index contributed by atoms with van der Waals surface area (Å²) in [6.45, 7) is 10.7. The predicted octanol–water partition coefficient (Wildman–Crippen LogP) is 5.10. The number of nitrogens with zero attached hydrogens (tertiary/aromatic N) is 2. The SMILES string of the molecule is CC[C@H](C(=O)NC(C)(C)C)N(Cc1ccc(Cl)c(Cl)c1)C(=O)CN(c1cccc(C)c1C)S(C)(=O)=O. The molecule has 0 spiro atoms. The molecule has 2 aromatic rings. The van der Waals surface area contributed by atoms with Crippen molar-refractivity contribution in [2.45, 2.75) is 66.1 Å². The first kappa shape index (κ1) is 29.9. The lowest BCUT2D eigenvalue weighted by Crippen LogP contribution is -2.55. The van der Waals surface area contributed by atoms with Crippen molar-refractivity contribution in [3.63, 3.8) is 0 Å². The molecule has 2 aromatic carbocycles. The summed E-state index contributed by atoms with van der Waals surface area (Å²) in [5, 5.41) is 3.62. The maximum atomic E-state index is 13.8. The maximum absolute atomic E-state index is 13.8. The summed E-state index contributed by atoms with van der Waals surface area (Å²) in [4.78, 5) is 28.4. The van der Waals surface area contributed by atoms with Gasteiger partial charge in [0.05, 0.1) is 22.0 Å². The van der Waals surface area contributed by atoms with E-state index in [0.717, 1.165) is 21.7 Å². The number of sulfonamides is 1. The van der Waals surface area contributed by atoms with Gasteiger partial charge in [-0.25, -0.2) is 8.42 Å². The van der Waals surface area contributed by atoms with Crippen molar-refractivity contribution < 1.29 is 18.0 Å². The van der Waals surface area contributed by atoms with E-state index in [2.05, 4.69) is 5.32 Å². The quantitative estimate of drug-likeness (QED) is 0.466. The van der Waals surface area contributed by atoms with Crippen molar-refractivity contribution >= 4 is 50.7 Å². The lowest BCUT2D eigenvalue weighted by atomic mass is 10.1. The fraction of sp³-hybridized carbons (Fsp3) is 0.462. The molecule has 0 fully saturated rings. The van der Waals surface area contributed by atoms with E-state index in [-0.39, 0.29) is 12.5 Å². The third-order valence-electron chi connectivity index (χ3n) is 5.74. The van der Waals surface area contributed by atoms with Crippen LogP contribution in [0.2, 0.25) is 10.0 Å². The summed E-state index contributed by atoms with van der Waals surface area (Å²) in [6.07, 6.45) is 1.40. The number of amides is 2. The van der Waals surface area contributed by atoms with Gasteiger partial charge in [0, 0.05) is 12.1 Å². The Morgan fingerprint density at radius 2 is 1.69 bits per heavy atom. The smallest absolute Gasteiger partial charge is 0.244 e. The zero-order valence-corrected chi connectivity index (χ0v) is 24.2. The molecule has 0 bridgehead atoms. The Hall–Kier alpha value is -2.29. The molecule has 0 aliphatic rings. The minimum atomic E-state index is -3.81. The molecule has 0 saturated carbocycles. The van der Waals surface area contributed by atoms with Gasteiger partial charge in [0.25, 0.3) is 0 Å². The van der Waals surface area contributed by atoms with Crippen LogP contribution in [-0.4, -0.2) is 49.5 Å². The van der Waals surface area contributed by atoms with Crippen LogP contribution in [0.15, 0.2) is 36.4 Å². The second kappa shape index (κ2) is 11.8. The topological polar surface area (TPSA) is 86.8 Å². The minimum absolute atomic E-state index is 0.0518. The summed E-state index contributed by atoms with van der Waals surface area (Å²) in [5.41, 5.74) is 2.23. The zero-order chi connectivity index (χ0) is 27.4. The molecule has 0 aromatic heterocycles. The van der Waals surface area contributed by atoms with Crippen molar-refractivity contribution in [2.75, 3.05) is 17.1 Å². The molecule has 0 radical (unpaired) electrons. The Kier molecular flexibility index (Phi) is 9.84. The third-order valence-corrected chi connectivity index (χ3v) is 7.61. The highest BCUT2D eigenvalue weighted by Gasteiger charge is 2.33. The summed E-state index contributed by atoms with van der Waals surface area (Å²) < 4.78 is 26.7. The van der Waals surface area contributed by atoms with Gasteiger partial charge >= 0.3 is 0 Å². The Balaban J connectivity index is 2.53. The molecule has 0 saturated heterocycles. The van der Waals surface area contributed by atoms with Crippen LogP contribution < -0.4 is 9.62 Å². The van der Waals surface area contributed by atoms with Gasteiger partial charge in [-0.1, -0.05) is 48.3 Å². The number of carbonyl (C=O) groups is 2. The number of anilines is 1. The van der Waals surface area contributed by atoms with Crippen molar-refractivity contribution in [3.8, 4) is 0 Å². The molecule has 0 aliphatic carbocycles. The molecule has 2 rings (SSSR count). The third kappa shape index (κ3) is 7.85. The molecule has 0 heterocycles. The molecular weight excluding hydrogens is 521 g/mol. The molecule has 1 atom stereocenters. The number of rotatable bonds is 9. The number of hydrogen-bond acceptors (Lipinski definition) is 4. The second-order valence-electron chi connectivity index (χ2n) is 9.92. The highest BCUT2D eigenvalue weighted by Crippen LogP contribution is 2.27. The molecule has 198 valence electrons. The van der Waals surface area contributed by atoms with E-state index in [0.29, 0.717) is 27.7 Å². The van der Waals surface area contributed by atoms with Crippen molar-refractivity contribution in [3.05, 3.63) is 63.1 Å². The van der Waals surface area contributed by atoms with Gasteiger partial charge in [0.15, 0.2) is 0 Å². The fourth-order valence-electron chi connectivity index (χ4n) is 3.81. The van der Waals surface area contributed by atoms with Gasteiger partial charge in [0.2, 0.25) is 21.8 Å². The van der Waals surface area contributed by atoms with E-state index in [4.69, 9.17) is 23.2 Å². The Morgan fingerprint density at radius 3 is 2.22 bits per heavy atom. The molecular formula is C26H35Cl2N3O4S. The van der Waals surface area contributed by atoms with Crippen LogP contribution in [-0.2, 0) is 26.2 Å². The number of carbonyl (C=O) groups excluding carboxylic acids is 2. The average Bonchev–Trinajstić information content (AvgIpc) is 2.74. The van der Waals surface area contributed by atoms with Gasteiger partial charge in [-0.2, -0.15) is 0 Å². The number of nitrogens with one attached hydrogen (secondary N) is 1. The van der Waals surface area contributed by atoms with Crippen LogP contribution in [0.1, 0.15) is 50.8 Å². The highest BCUT2D eigenvalue weighted by molar-refractivity contribution is 7.92. The van der Waals surface area contributed by atoms with Crippen LogP contribution in [0.3, 0.4) is 0 Å². The van der Waals surface area contributed by atoms with Crippen molar-refractivity contribution in [2.24, 2.45) is 0 Å². The number of benzene rings is 2. The molecule has 0 unspecified atom stereocenters. The average molecular weight is 557 g/mol. The van der Waals surface area contributed by atoms with Crippen LogP contribution in [0.25, 0.3) is 0 Å². The van der Waals surface area contributed by atoms with Gasteiger partial charge < -0.3 is 10.2 Å². The first-order valence-electron chi connectivity index (χ1n) is 11.6. The van der Waals surface area contributed by atoms with Gasteiger partial charge in [-0.05, 0) is 75.9 Å². The van der Waals surface area contributed by atoms with E-state index in [1.165, 1.54) is 4.90 Å². The van der Waals surface area contributed by atoms with Crippen molar-refractivity contribution in [1.82, 2.24) is 10.2 Å². The molecule has 10 heteroatoms. The number of halogens is 2. The number of aryl methyl sites for hydroxylation is 1. The summed E-state index contributed by atoms with van der Waals surface area (Å²) in [6, 6.07) is 9.45. The van der Waals surface area contributed by atoms with Crippen LogP contribution in [0, 0.1) is 13.8 Å². The molecule has 2 amide bonds. The van der Waals surface area contributed by atoms with E-state index < -0.39 is 34.1 Å².